The second-order valence-electron chi connectivity index (χ2n) is 3.61. The Labute approximate surface area is 84.3 Å². The highest BCUT2D eigenvalue weighted by Gasteiger charge is 2.28. The molecule has 1 aromatic rings. The van der Waals surface area contributed by atoms with Crippen molar-refractivity contribution >= 4 is 11.6 Å². The lowest BCUT2D eigenvalue weighted by Crippen LogP contribution is -2.30. The topological polar surface area (TPSA) is 87.0 Å². The fourth-order valence-corrected chi connectivity index (χ4v) is 1.89. The lowest BCUT2D eigenvalue weighted by atomic mass is 9.97. The molecule has 78 valence electrons. The number of Topliss-reactive ketones (excluding diaryl/α,β-unsaturated/α-hetero) is 1. The normalized spacial score (nSPS) is 19.6. The molecule has 3 heterocycles. The van der Waals surface area contributed by atoms with Gasteiger partial charge in [-0.25, -0.2) is 0 Å². The van der Waals surface area contributed by atoms with Gasteiger partial charge in [-0.2, -0.15) is 0 Å². The number of rotatable bonds is 0. The van der Waals surface area contributed by atoms with Crippen LogP contribution in [0, 0.1) is 0 Å². The summed E-state index contributed by atoms with van der Waals surface area (Å²) in [5, 5.41) is 8.20. The van der Waals surface area contributed by atoms with E-state index in [-0.39, 0.29) is 17.9 Å². The minimum Gasteiger partial charge on any atom is -0.367 e. The first-order chi connectivity index (χ1) is 7.25. The van der Waals surface area contributed by atoms with E-state index in [1.54, 1.807) is 0 Å². The number of anilines is 1. The van der Waals surface area contributed by atoms with Crippen molar-refractivity contribution in [3.8, 4) is 0 Å². The van der Waals surface area contributed by atoms with Crippen LogP contribution in [0.1, 0.15) is 5.56 Å². The number of carbonyl (C=O) groups is 1. The van der Waals surface area contributed by atoms with Gasteiger partial charge in [-0.1, -0.05) is 0 Å². The first-order valence-corrected chi connectivity index (χ1v) is 4.65. The molecule has 0 atom stereocenters. The molecule has 6 nitrogen and oxygen atoms in total. The summed E-state index contributed by atoms with van der Waals surface area (Å²) in [5.74, 6) is 0.590. The van der Waals surface area contributed by atoms with E-state index in [4.69, 9.17) is 4.74 Å². The van der Waals surface area contributed by atoms with E-state index < -0.39 is 0 Å². The smallest absolute Gasteiger partial charge is 0.269 e. The predicted octanol–water partition coefficient (Wildman–Crippen LogP) is -0.476. The maximum absolute atomic E-state index is 11.5. The lowest BCUT2D eigenvalue weighted by Gasteiger charge is -2.24. The van der Waals surface area contributed by atoms with Gasteiger partial charge < -0.3 is 10.1 Å². The van der Waals surface area contributed by atoms with E-state index in [2.05, 4.69) is 15.5 Å². The molecule has 2 aliphatic rings. The summed E-state index contributed by atoms with van der Waals surface area (Å²) >= 11 is 0. The minimum absolute atomic E-state index is 0.0463. The Balaban J connectivity index is 2.09. The summed E-state index contributed by atoms with van der Waals surface area (Å²) in [6, 6.07) is 0. The number of fused-ring (bicyclic) bond motifs is 1. The van der Waals surface area contributed by atoms with Crippen molar-refractivity contribution in [1.82, 2.24) is 10.2 Å². The lowest BCUT2D eigenvalue weighted by molar-refractivity contribution is -0.120. The van der Waals surface area contributed by atoms with Crippen LogP contribution in [0.25, 0.3) is 0 Å². The van der Waals surface area contributed by atoms with Crippen LogP contribution < -0.4 is 10.9 Å². The molecule has 0 radical (unpaired) electrons. The van der Waals surface area contributed by atoms with Crippen molar-refractivity contribution in [3.63, 3.8) is 0 Å². The number of hydrogen-bond donors (Lipinski definition) is 3. The summed E-state index contributed by atoms with van der Waals surface area (Å²) < 4.78 is 5.10. The highest BCUT2D eigenvalue weighted by Crippen LogP contribution is 2.25. The van der Waals surface area contributed by atoms with Gasteiger partial charge in [0.05, 0.1) is 12.2 Å². The van der Waals surface area contributed by atoms with E-state index >= 15 is 0 Å². The monoisotopic (exact) mass is 207 g/mol. The Morgan fingerprint density at radius 2 is 2.00 bits per heavy atom. The zero-order valence-electron chi connectivity index (χ0n) is 7.85. The molecule has 3 N–H and O–H groups in total. The Kier molecular flexibility index (Phi) is 1.60. The SMILES string of the molecule is O=C1COCC2=C1Cc1c([nH][nH]c1=O)N2. The quantitative estimate of drug-likeness (QED) is 0.536. The highest BCUT2D eigenvalue weighted by molar-refractivity contribution is 5.99. The first-order valence-electron chi connectivity index (χ1n) is 4.65. The second-order valence-corrected chi connectivity index (χ2v) is 3.61. The molecule has 0 bridgehead atoms. The largest absolute Gasteiger partial charge is 0.367 e. The molecule has 15 heavy (non-hydrogen) atoms. The van der Waals surface area contributed by atoms with Crippen molar-refractivity contribution in [1.29, 1.82) is 0 Å². The molecular formula is C9H9N3O3. The fraction of sp³-hybridized carbons (Fsp3) is 0.333. The zero-order chi connectivity index (χ0) is 10.4. The van der Waals surface area contributed by atoms with Crippen LogP contribution in [0.2, 0.25) is 0 Å². The maximum Gasteiger partial charge on any atom is 0.269 e. The molecule has 0 saturated carbocycles. The Hall–Kier alpha value is -1.82. The van der Waals surface area contributed by atoms with Crippen LogP contribution in [0.4, 0.5) is 5.82 Å². The molecule has 1 aromatic heterocycles. The molecule has 0 spiro atoms. The molecule has 6 heteroatoms. The third-order valence-electron chi connectivity index (χ3n) is 2.69. The minimum atomic E-state index is -0.177. The van der Waals surface area contributed by atoms with Crippen LogP contribution in [-0.4, -0.2) is 29.2 Å². The van der Waals surface area contributed by atoms with Gasteiger partial charge in [-0.15, -0.1) is 0 Å². The standard InChI is InChI=1S/C9H9N3O3/c13-7-3-15-2-6-4(7)1-5-8(10-6)11-12-9(5)14/h1-3H2,(H3,10,11,12,14). The molecule has 3 rings (SSSR count). The van der Waals surface area contributed by atoms with Gasteiger partial charge in [0.2, 0.25) is 0 Å². The van der Waals surface area contributed by atoms with E-state index in [0.29, 0.717) is 30.0 Å². The zero-order valence-corrected chi connectivity index (χ0v) is 7.85. The van der Waals surface area contributed by atoms with Crippen molar-refractivity contribution in [2.45, 2.75) is 6.42 Å². The summed E-state index contributed by atoms with van der Waals surface area (Å²) in [5.41, 5.74) is 1.83. The number of nitrogens with one attached hydrogen (secondary N) is 3. The second kappa shape index (κ2) is 2.83. The van der Waals surface area contributed by atoms with Gasteiger partial charge in [0.25, 0.3) is 5.56 Å². The average molecular weight is 207 g/mol. The van der Waals surface area contributed by atoms with Crippen LogP contribution in [-0.2, 0) is 16.0 Å². The molecule has 0 fully saturated rings. The van der Waals surface area contributed by atoms with E-state index in [9.17, 15) is 9.59 Å². The highest BCUT2D eigenvalue weighted by atomic mass is 16.5. The van der Waals surface area contributed by atoms with E-state index in [1.807, 2.05) is 0 Å². The van der Waals surface area contributed by atoms with Gasteiger partial charge in [0.15, 0.2) is 5.78 Å². The number of aromatic amines is 2. The van der Waals surface area contributed by atoms with Crippen LogP contribution in [0.15, 0.2) is 16.1 Å². The number of H-pyrrole nitrogens is 2. The summed E-state index contributed by atoms with van der Waals surface area (Å²) in [6.45, 7) is 0.506. The van der Waals surface area contributed by atoms with Gasteiger partial charge in [-0.3, -0.25) is 19.8 Å². The van der Waals surface area contributed by atoms with Crippen molar-refractivity contribution in [2.24, 2.45) is 0 Å². The van der Waals surface area contributed by atoms with Crippen LogP contribution in [0.3, 0.4) is 0 Å². The molecule has 0 unspecified atom stereocenters. The van der Waals surface area contributed by atoms with Crippen LogP contribution >= 0.6 is 0 Å². The number of aromatic nitrogens is 2. The van der Waals surface area contributed by atoms with Gasteiger partial charge in [-0.05, 0) is 0 Å². The van der Waals surface area contributed by atoms with E-state index in [0.717, 1.165) is 5.70 Å². The van der Waals surface area contributed by atoms with Crippen molar-refractivity contribution < 1.29 is 9.53 Å². The summed E-state index contributed by atoms with van der Waals surface area (Å²) in [6.07, 6.45) is 0.388. The van der Waals surface area contributed by atoms with Crippen molar-refractivity contribution in [3.05, 3.63) is 27.2 Å². The molecule has 0 amide bonds. The molecule has 0 saturated heterocycles. The summed E-state index contributed by atoms with van der Waals surface area (Å²) in [7, 11) is 0. The fourth-order valence-electron chi connectivity index (χ4n) is 1.89. The number of ether oxygens (including phenoxy) is 1. The molecule has 0 aliphatic carbocycles. The Morgan fingerprint density at radius 1 is 1.13 bits per heavy atom. The first kappa shape index (κ1) is 8.49. The van der Waals surface area contributed by atoms with Gasteiger partial charge >= 0.3 is 0 Å². The van der Waals surface area contributed by atoms with Gasteiger partial charge in [0.1, 0.15) is 12.4 Å². The Bertz CT molecular complexity index is 523. The number of hydrogen-bond acceptors (Lipinski definition) is 4. The molecule has 0 aromatic carbocycles. The third-order valence-corrected chi connectivity index (χ3v) is 2.69. The average Bonchev–Trinajstić information content (AvgIpc) is 2.59. The van der Waals surface area contributed by atoms with Crippen molar-refractivity contribution in [2.75, 3.05) is 18.5 Å². The van der Waals surface area contributed by atoms with Gasteiger partial charge in [0, 0.05) is 17.7 Å². The third kappa shape index (κ3) is 1.15. The van der Waals surface area contributed by atoms with Crippen LogP contribution in [0.5, 0.6) is 0 Å². The van der Waals surface area contributed by atoms with E-state index in [1.165, 1.54) is 0 Å². The number of carbonyl (C=O) groups excluding carboxylic acids is 1. The predicted molar refractivity (Wildman–Crippen MR) is 51.6 cm³/mol. The summed E-state index contributed by atoms with van der Waals surface area (Å²) in [4.78, 5) is 22.9. The Morgan fingerprint density at radius 3 is 2.87 bits per heavy atom. The molecule has 2 aliphatic heterocycles. The number of ketones is 1. The maximum atomic E-state index is 11.5. The molecular weight excluding hydrogens is 198 g/mol.